The van der Waals surface area contributed by atoms with Crippen LogP contribution in [-0.4, -0.2) is 113 Å². The molecule has 1 saturated heterocycles. The van der Waals surface area contributed by atoms with Gasteiger partial charge in [-0.2, -0.15) is 0 Å². The summed E-state index contributed by atoms with van der Waals surface area (Å²) in [7, 11) is 2.80. The standard InChI is InChI=1S/C45H71NO14/c1-12-15-33-28(7)36(57-38-21-32(47)37(23-56-38)58-44(46)52)22-45(53,60-33)30(9)41(50)29(8)42-34(54-10)17-14-16-24(3)18-26(5)39(48)31(13-2)40(49)27(6)19-25(4)20-35(55-11)43(51)59-42/h12,14-17,19-20,23,26-34,36,38-42,47-50,53H,13,18,21-22H2,1-11H3,(H2,46,52)/b15-12+,17-14+,24-16+,25-19+,35-20-. The molecule has 1 fully saturated rings. The molecule has 0 bridgehead atoms. The van der Waals surface area contributed by atoms with E-state index in [0.29, 0.717) is 18.4 Å². The minimum atomic E-state index is -1.98. The number of aliphatic hydroxyl groups is 5. The molecule has 0 radical (unpaired) electrons. The predicted molar refractivity (Wildman–Crippen MR) is 223 cm³/mol. The molecular weight excluding hydrogens is 778 g/mol. The third-order valence-corrected chi connectivity index (χ3v) is 12.2. The molecule has 15 heteroatoms. The summed E-state index contributed by atoms with van der Waals surface area (Å²) in [4.78, 5) is 25.1. The van der Waals surface area contributed by atoms with E-state index in [4.69, 9.17) is 38.9 Å². The van der Waals surface area contributed by atoms with Crippen LogP contribution in [0.3, 0.4) is 0 Å². The number of amides is 1. The van der Waals surface area contributed by atoms with Crippen LogP contribution >= 0.6 is 0 Å². The van der Waals surface area contributed by atoms with E-state index in [1.165, 1.54) is 20.3 Å². The summed E-state index contributed by atoms with van der Waals surface area (Å²) in [6.45, 7) is 16.5. The van der Waals surface area contributed by atoms with Gasteiger partial charge in [0.25, 0.3) is 0 Å². The Morgan fingerprint density at radius 2 is 1.80 bits per heavy atom. The van der Waals surface area contributed by atoms with Gasteiger partial charge >= 0.3 is 12.1 Å². The van der Waals surface area contributed by atoms with Gasteiger partial charge in [0.05, 0.1) is 37.6 Å². The second-order valence-corrected chi connectivity index (χ2v) is 16.8. The Bertz CT molecular complexity index is 1610. The Kier molecular flexibility index (Phi) is 19.5. The average molecular weight is 850 g/mol. The van der Waals surface area contributed by atoms with Gasteiger partial charge in [-0.3, -0.25) is 0 Å². The van der Waals surface area contributed by atoms with E-state index >= 15 is 0 Å². The number of primary amides is 1. The highest BCUT2D eigenvalue weighted by atomic mass is 16.7. The lowest BCUT2D eigenvalue weighted by Crippen LogP contribution is -2.58. The fourth-order valence-electron chi connectivity index (χ4n) is 8.40. The number of aliphatic hydroxyl groups excluding tert-OH is 4. The number of carbonyl (C=O) groups excluding carboxylic acids is 2. The molecule has 1 amide bonds. The Labute approximate surface area is 355 Å². The van der Waals surface area contributed by atoms with Crippen molar-refractivity contribution in [1.82, 2.24) is 0 Å². The highest BCUT2D eigenvalue weighted by molar-refractivity contribution is 5.87. The SMILES string of the molecule is C/C=C/C1OC(O)(C(C)C(O)C(C)C2OC(=O)/C(OC)=C/C(C)=C/C(C)C(O)C(CC)C(O)C(C)C/C(C)=C/C=C/C2OC)CC(OC2CC(O)C(OC(N)=O)=CO2)C1C. The van der Waals surface area contributed by atoms with Crippen molar-refractivity contribution in [2.45, 2.75) is 149 Å². The summed E-state index contributed by atoms with van der Waals surface area (Å²) >= 11 is 0. The van der Waals surface area contributed by atoms with E-state index in [1.807, 2.05) is 53.7 Å². The third kappa shape index (κ3) is 13.2. The quantitative estimate of drug-likeness (QED) is 0.118. The number of carbonyl (C=O) groups is 2. The van der Waals surface area contributed by atoms with Gasteiger partial charge in [0.1, 0.15) is 24.6 Å². The third-order valence-electron chi connectivity index (χ3n) is 12.2. The normalized spacial score (nSPS) is 40.0. The van der Waals surface area contributed by atoms with Crippen LogP contribution in [0.5, 0.6) is 0 Å². The van der Waals surface area contributed by atoms with Gasteiger partial charge in [0, 0.05) is 49.5 Å². The lowest BCUT2D eigenvalue weighted by atomic mass is 9.77. The molecule has 3 heterocycles. The molecular formula is C45H71NO14. The zero-order valence-electron chi connectivity index (χ0n) is 37.1. The molecule has 0 saturated carbocycles. The van der Waals surface area contributed by atoms with Gasteiger partial charge in [-0.05, 0) is 45.6 Å². The number of hydrogen-bond acceptors (Lipinski definition) is 14. The van der Waals surface area contributed by atoms with Crippen molar-refractivity contribution < 1.29 is 68.3 Å². The maximum atomic E-state index is 13.9. The summed E-state index contributed by atoms with van der Waals surface area (Å²) in [5.41, 5.74) is 6.67. The Morgan fingerprint density at radius 1 is 1.12 bits per heavy atom. The Hall–Kier alpha value is -3.54. The molecule has 0 spiro atoms. The number of cyclic esters (lactones) is 1. The van der Waals surface area contributed by atoms with Crippen LogP contribution in [0, 0.1) is 35.5 Å². The summed E-state index contributed by atoms with van der Waals surface area (Å²) in [5.74, 6) is -6.19. The molecule has 0 aromatic heterocycles. The number of allylic oxidation sites excluding steroid dienone is 6. The van der Waals surface area contributed by atoms with Crippen LogP contribution in [0.1, 0.15) is 88.0 Å². The minimum Gasteiger partial charge on any atom is -0.490 e. The van der Waals surface area contributed by atoms with Gasteiger partial charge < -0.3 is 64.4 Å². The Balaban J connectivity index is 2.01. The fourth-order valence-corrected chi connectivity index (χ4v) is 8.40. The highest BCUT2D eigenvalue weighted by Gasteiger charge is 2.52. The maximum absolute atomic E-state index is 13.9. The average Bonchev–Trinajstić information content (AvgIpc) is 3.19. The zero-order valence-corrected chi connectivity index (χ0v) is 37.1. The molecule has 15 nitrogen and oxygen atoms in total. The second-order valence-electron chi connectivity index (χ2n) is 16.8. The van der Waals surface area contributed by atoms with Crippen LogP contribution in [0.15, 0.2) is 71.5 Å². The smallest absolute Gasteiger partial charge is 0.409 e. The van der Waals surface area contributed by atoms with Crippen molar-refractivity contribution in [3.63, 3.8) is 0 Å². The van der Waals surface area contributed by atoms with E-state index in [0.717, 1.165) is 11.8 Å². The molecule has 0 aromatic carbocycles. The van der Waals surface area contributed by atoms with Gasteiger partial charge in [-0.15, -0.1) is 0 Å². The van der Waals surface area contributed by atoms with Crippen molar-refractivity contribution >= 4 is 12.1 Å². The summed E-state index contributed by atoms with van der Waals surface area (Å²) in [6, 6.07) is 0. The molecule has 3 aliphatic heterocycles. The van der Waals surface area contributed by atoms with E-state index in [-0.39, 0.29) is 48.0 Å². The molecule has 340 valence electrons. The Morgan fingerprint density at radius 3 is 2.38 bits per heavy atom. The summed E-state index contributed by atoms with van der Waals surface area (Å²) in [6.07, 6.45) is 4.59. The number of nitrogens with two attached hydrogens (primary N) is 1. The monoisotopic (exact) mass is 849 g/mol. The summed E-state index contributed by atoms with van der Waals surface area (Å²) in [5, 5.41) is 57.7. The van der Waals surface area contributed by atoms with Crippen molar-refractivity contribution in [3.05, 3.63) is 71.5 Å². The van der Waals surface area contributed by atoms with Crippen molar-refractivity contribution in [2.24, 2.45) is 41.2 Å². The highest BCUT2D eigenvalue weighted by Crippen LogP contribution is 2.42. The van der Waals surface area contributed by atoms with E-state index < -0.39 is 84.8 Å². The first kappa shape index (κ1) is 50.8. The maximum Gasteiger partial charge on any atom is 0.409 e. The van der Waals surface area contributed by atoms with E-state index in [9.17, 15) is 35.1 Å². The number of rotatable bonds is 11. The minimum absolute atomic E-state index is 0.0900. The van der Waals surface area contributed by atoms with Crippen LogP contribution in [-0.2, 0) is 38.0 Å². The van der Waals surface area contributed by atoms with Gasteiger partial charge in [-0.1, -0.05) is 89.1 Å². The fraction of sp³-hybridized carbons (Fsp3) is 0.689. The predicted octanol–water partition coefficient (Wildman–Crippen LogP) is 5.07. The number of ether oxygens (including phenoxy) is 7. The largest absolute Gasteiger partial charge is 0.490 e. The van der Waals surface area contributed by atoms with Crippen molar-refractivity contribution in [1.29, 1.82) is 0 Å². The van der Waals surface area contributed by atoms with Crippen LogP contribution in [0.2, 0.25) is 0 Å². The summed E-state index contributed by atoms with van der Waals surface area (Å²) < 4.78 is 40.6. The lowest BCUT2D eigenvalue weighted by molar-refractivity contribution is -0.329. The van der Waals surface area contributed by atoms with Crippen molar-refractivity contribution in [2.75, 3.05) is 14.2 Å². The van der Waals surface area contributed by atoms with Gasteiger partial charge in [-0.25, -0.2) is 9.59 Å². The first-order chi connectivity index (χ1) is 28.2. The number of methoxy groups -OCH3 is 2. The molecule has 7 N–H and O–H groups in total. The molecule has 16 atom stereocenters. The molecule has 3 aliphatic rings. The molecule has 16 unspecified atom stereocenters. The van der Waals surface area contributed by atoms with Crippen LogP contribution in [0.4, 0.5) is 4.79 Å². The van der Waals surface area contributed by atoms with Gasteiger partial charge in [0.15, 0.2) is 11.5 Å². The zero-order chi connectivity index (χ0) is 45.1. The molecule has 0 aromatic rings. The number of esters is 1. The lowest BCUT2D eigenvalue weighted by Gasteiger charge is -2.49. The van der Waals surface area contributed by atoms with Crippen LogP contribution < -0.4 is 5.73 Å². The molecule has 3 rings (SSSR count). The van der Waals surface area contributed by atoms with Gasteiger partial charge in [0.2, 0.25) is 12.0 Å². The first-order valence-corrected chi connectivity index (χ1v) is 21.0. The first-order valence-electron chi connectivity index (χ1n) is 21.0. The van der Waals surface area contributed by atoms with E-state index in [1.54, 1.807) is 45.1 Å². The second kappa shape index (κ2) is 23.1. The van der Waals surface area contributed by atoms with E-state index in [2.05, 4.69) is 0 Å². The number of hydrogen-bond donors (Lipinski definition) is 6. The molecule has 60 heavy (non-hydrogen) atoms. The van der Waals surface area contributed by atoms with Crippen molar-refractivity contribution in [3.8, 4) is 0 Å². The van der Waals surface area contributed by atoms with Crippen LogP contribution in [0.25, 0.3) is 0 Å². The topological polar surface area (TPSA) is 226 Å². The molecule has 0 aliphatic carbocycles.